The highest BCUT2D eigenvalue weighted by Crippen LogP contribution is 2.23. The van der Waals surface area contributed by atoms with Gasteiger partial charge in [-0.25, -0.2) is 4.79 Å². The van der Waals surface area contributed by atoms with Crippen LogP contribution in [0.1, 0.15) is 31.8 Å². The van der Waals surface area contributed by atoms with Crippen LogP contribution in [0.4, 0.5) is 0 Å². The number of hydrogen-bond donors (Lipinski definition) is 0. The smallest absolute Gasteiger partial charge is 0.329 e. The second kappa shape index (κ2) is 6.50. The van der Waals surface area contributed by atoms with Crippen molar-refractivity contribution in [1.82, 2.24) is 5.06 Å². The molecule has 2 amide bonds. The van der Waals surface area contributed by atoms with E-state index in [9.17, 15) is 14.4 Å². The lowest BCUT2D eigenvalue weighted by molar-refractivity contribution is -0.167. The fraction of sp³-hybridized carbons (Fsp3) is 0.105. The Labute approximate surface area is 139 Å². The molecule has 120 valence electrons. The van der Waals surface area contributed by atoms with Crippen LogP contribution in [0, 0.1) is 0 Å². The molecule has 5 nitrogen and oxygen atoms in total. The molecule has 0 atom stereocenters. The maximum Gasteiger partial charge on any atom is 0.337 e. The highest BCUT2D eigenvalue weighted by atomic mass is 16.7. The largest absolute Gasteiger partial charge is 0.337 e. The summed E-state index contributed by atoms with van der Waals surface area (Å²) in [6.07, 6.45) is 2.34. The lowest BCUT2D eigenvalue weighted by atomic mass is 10.0. The number of carbonyl (C=O) groups excluding carboxylic acids is 3. The van der Waals surface area contributed by atoms with Crippen LogP contribution in [0.15, 0.2) is 61.2 Å². The van der Waals surface area contributed by atoms with E-state index in [2.05, 4.69) is 6.58 Å². The standard InChI is InChI=1S/C19H15NO4/c1-2-7-13-8-3-4-9-14(13)12-17(21)24-20-18(22)15-10-5-6-11-16(15)19(20)23/h2-6,8-11H,1,7,12H2. The van der Waals surface area contributed by atoms with E-state index in [-0.39, 0.29) is 17.5 Å². The van der Waals surface area contributed by atoms with Gasteiger partial charge in [0.1, 0.15) is 0 Å². The summed E-state index contributed by atoms with van der Waals surface area (Å²) < 4.78 is 0. The van der Waals surface area contributed by atoms with Gasteiger partial charge in [0.05, 0.1) is 17.5 Å². The van der Waals surface area contributed by atoms with E-state index in [1.165, 1.54) is 12.1 Å². The predicted molar refractivity (Wildman–Crippen MR) is 87.1 cm³/mol. The summed E-state index contributed by atoms with van der Waals surface area (Å²) in [5.41, 5.74) is 2.20. The Bertz CT molecular complexity index is 806. The van der Waals surface area contributed by atoms with Crippen molar-refractivity contribution in [1.29, 1.82) is 0 Å². The van der Waals surface area contributed by atoms with Gasteiger partial charge in [0.2, 0.25) is 0 Å². The maximum atomic E-state index is 12.2. The molecule has 0 bridgehead atoms. The minimum absolute atomic E-state index is 0.0303. The summed E-state index contributed by atoms with van der Waals surface area (Å²) >= 11 is 0. The van der Waals surface area contributed by atoms with Gasteiger partial charge in [-0.1, -0.05) is 47.5 Å². The first-order valence-electron chi connectivity index (χ1n) is 7.48. The number of rotatable bonds is 5. The zero-order valence-electron chi connectivity index (χ0n) is 12.9. The van der Waals surface area contributed by atoms with Gasteiger partial charge in [0.15, 0.2) is 0 Å². The summed E-state index contributed by atoms with van der Waals surface area (Å²) in [6.45, 7) is 3.69. The van der Waals surface area contributed by atoms with E-state index in [1.807, 2.05) is 24.3 Å². The summed E-state index contributed by atoms with van der Waals surface area (Å²) in [5.74, 6) is -1.91. The number of hydrogen-bond acceptors (Lipinski definition) is 4. The average Bonchev–Trinajstić information content (AvgIpc) is 2.82. The van der Waals surface area contributed by atoms with E-state index in [1.54, 1.807) is 18.2 Å². The van der Waals surface area contributed by atoms with Crippen molar-refractivity contribution in [3.8, 4) is 0 Å². The van der Waals surface area contributed by atoms with Gasteiger partial charge < -0.3 is 4.84 Å². The van der Waals surface area contributed by atoms with E-state index >= 15 is 0 Å². The zero-order valence-corrected chi connectivity index (χ0v) is 12.9. The number of imide groups is 1. The molecule has 0 N–H and O–H groups in total. The minimum Gasteiger partial charge on any atom is -0.329 e. The Balaban J connectivity index is 1.74. The van der Waals surface area contributed by atoms with E-state index in [0.29, 0.717) is 11.5 Å². The van der Waals surface area contributed by atoms with Crippen molar-refractivity contribution in [3.63, 3.8) is 0 Å². The normalized spacial score (nSPS) is 12.9. The first-order valence-corrected chi connectivity index (χ1v) is 7.48. The Morgan fingerprint density at radius 2 is 1.50 bits per heavy atom. The number of hydroxylamine groups is 2. The molecule has 0 saturated carbocycles. The Morgan fingerprint density at radius 3 is 2.08 bits per heavy atom. The highest BCUT2D eigenvalue weighted by Gasteiger charge is 2.38. The van der Waals surface area contributed by atoms with Crippen LogP contribution in [0.3, 0.4) is 0 Å². The Hall–Kier alpha value is -3.21. The molecule has 0 aromatic heterocycles. The van der Waals surface area contributed by atoms with E-state index in [4.69, 9.17) is 4.84 Å². The maximum absolute atomic E-state index is 12.2. The second-order valence-electron chi connectivity index (χ2n) is 5.35. The molecule has 0 fully saturated rings. The number of allylic oxidation sites excluding steroid dienone is 1. The molecule has 3 rings (SSSR count). The van der Waals surface area contributed by atoms with Gasteiger partial charge in [-0.3, -0.25) is 9.59 Å². The molecule has 0 aliphatic carbocycles. The zero-order chi connectivity index (χ0) is 17.1. The average molecular weight is 321 g/mol. The van der Waals surface area contributed by atoms with Crippen LogP contribution >= 0.6 is 0 Å². The second-order valence-corrected chi connectivity index (χ2v) is 5.35. The number of amides is 2. The Kier molecular flexibility index (Phi) is 4.24. The molecule has 24 heavy (non-hydrogen) atoms. The Morgan fingerprint density at radius 1 is 0.958 bits per heavy atom. The summed E-state index contributed by atoms with van der Waals surface area (Å²) in [4.78, 5) is 41.6. The van der Waals surface area contributed by atoms with Crippen molar-refractivity contribution < 1.29 is 19.2 Å². The van der Waals surface area contributed by atoms with Crippen molar-refractivity contribution >= 4 is 17.8 Å². The molecule has 1 heterocycles. The van der Waals surface area contributed by atoms with Gasteiger partial charge in [0, 0.05) is 0 Å². The lowest BCUT2D eigenvalue weighted by Gasteiger charge is -2.13. The van der Waals surface area contributed by atoms with Gasteiger partial charge >= 0.3 is 5.97 Å². The van der Waals surface area contributed by atoms with Crippen molar-refractivity contribution in [2.24, 2.45) is 0 Å². The third kappa shape index (κ3) is 2.84. The van der Waals surface area contributed by atoms with Gasteiger partial charge in [-0.2, -0.15) is 0 Å². The molecular weight excluding hydrogens is 306 g/mol. The summed E-state index contributed by atoms with van der Waals surface area (Å²) in [6, 6.07) is 13.8. The molecule has 0 unspecified atom stereocenters. The third-order valence-corrected chi connectivity index (χ3v) is 3.77. The number of fused-ring (bicyclic) bond motifs is 1. The molecule has 2 aromatic rings. The van der Waals surface area contributed by atoms with Crippen molar-refractivity contribution in [3.05, 3.63) is 83.4 Å². The topological polar surface area (TPSA) is 63.7 Å². The monoisotopic (exact) mass is 321 g/mol. The van der Waals surface area contributed by atoms with Gasteiger partial charge in [0.25, 0.3) is 11.8 Å². The molecule has 5 heteroatoms. The molecule has 0 spiro atoms. The van der Waals surface area contributed by atoms with Crippen molar-refractivity contribution in [2.45, 2.75) is 12.8 Å². The molecule has 1 aliphatic rings. The molecular formula is C19H15NO4. The molecule has 2 aromatic carbocycles. The van der Waals surface area contributed by atoms with Crippen LogP contribution in [0.5, 0.6) is 0 Å². The van der Waals surface area contributed by atoms with Crippen LogP contribution < -0.4 is 0 Å². The quantitative estimate of drug-likeness (QED) is 0.627. The molecule has 0 radical (unpaired) electrons. The first-order chi connectivity index (χ1) is 11.6. The fourth-order valence-electron chi connectivity index (χ4n) is 2.62. The van der Waals surface area contributed by atoms with Crippen LogP contribution in [0.25, 0.3) is 0 Å². The number of nitrogens with zero attached hydrogens (tertiary/aromatic N) is 1. The molecule has 0 saturated heterocycles. The first kappa shape index (κ1) is 15.7. The van der Waals surface area contributed by atoms with E-state index in [0.717, 1.165) is 11.1 Å². The van der Waals surface area contributed by atoms with E-state index < -0.39 is 17.8 Å². The fourth-order valence-corrected chi connectivity index (χ4v) is 2.62. The SMILES string of the molecule is C=CCc1ccccc1CC(=O)ON1C(=O)c2ccccc2C1=O. The van der Waals surface area contributed by atoms with Gasteiger partial charge in [-0.05, 0) is 29.7 Å². The van der Waals surface area contributed by atoms with Crippen LogP contribution in [0.2, 0.25) is 0 Å². The highest BCUT2D eigenvalue weighted by molar-refractivity contribution is 6.20. The van der Waals surface area contributed by atoms with Gasteiger partial charge in [-0.15, -0.1) is 6.58 Å². The number of carbonyl (C=O) groups is 3. The molecule has 1 aliphatic heterocycles. The summed E-state index contributed by atoms with van der Waals surface area (Å²) in [7, 11) is 0. The minimum atomic E-state index is -0.666. The third-order valence-electron chi connectivity index (χ3n) is 3.77. The van der Waals surface area contributed by atoms with Crippen LogP contribution in [-0.2, 0) is 22.5 Å². The summed E-state index contributed by atoms with van der Waals surface area (Å²) in [5, 5.41) is 0.531. The predicted octanol–water partition coefficient (Wildman–Crippen LogP) is 2.71. The number of benzene rings is 2. The van der Waals surface area contributed by atoms with Crippen molar-refractivity contribution in [2.75, 3.05) is 0 Å². The lowest BCUT2D eigenvalue weighted by Crippen LogP contribution is -2.33. The van der Waals surface area contributed by atoms with Crippen LogP contribution in [-0.4, -0.2) is 22.8 Å².